The minimum atomic E-state index is 0.817. The van der Waals surface area contributed by atoms with Crippen LogP contribution in [0.15, 0.2) is 48.5 Å². The predicted octanol–water partition coefficient (Wildman–Crippen LogP) is 4.53. The second-order valence-corrected chi connectivity index (χ2v) is 5.00. The van der Waals surface area contributed by atoms with Crippen LogP contribution in [0.2, 0.25) is 0 Å². The minimum Gasteiger partial charge on any atom is -0.494 e. The normalized spacial score (nSPS) is 10.8. The van der Waals surface area contributed by atoms with Crippen LogP contribution >= 0.6 is 0 Å². The quantitative estimate of drug-likeness (QED) is 0.677. The maximum absolute atomic E-state index is 5.54. The Morgan fingerprint density at radius 2 is 1.65 bits per heavy atom. The lowest BCUT2D eigenvalue weighted by Crippen LogP contribution is -1.95. The molecule has 3 rings (SSSR count). The van der Waals surface area contributed by atoms with Crippen molar-refractivity contribution in [3.63, 3.8) is 0 Å². The van der Waals surface area contributed by atoms with Gasteiger partial charge in [0.2, 0.25) is 0 Å². The molecular formula is C18H17NO. The number of pyridine rings is 1. The third-order valence-electron chi connectivity index (χ3n) is 3.63. The summed E-state index contributed by atoms with van der Waals surface area (Å²) in [6.45, 7) is 4.18. The summed E-state index contributed by atoms with van der Waals surface area (Å²) in [6, 6.07) is 16.5. The number of hydrogen-bond donors (Lipinski definition) is 0. The Kier molecular flexibility index (Phi) is 3.15. The molecule has 0 N–H and O–H groups in total. The van der Waals surface area contributed by atoms with E-state index in [4.69, 9.17) is 9.72 Å². The molecule has 1 aromatic heterocycles. The molecule has 0 fully saturated rings. The number of aromatic nitrogens is 1. The van der Waals surface area contributed by atoms with Crippen LogP contribution < -0.4 is 4.74 Å². The van der Waals surface area contributed by atoms with E-state index in [1.807, 2.05) is 18.2 Å². The molecule has 2 nitrogen and oxygen atoms in total. The van der Waals surface area contributed by atoms with E-state index in [0.29, 0.717) is 0 Å². The number of hydrogen-bond acceptors (Lipinski definition) is 2. The van der Waals surface area contributed by atoms with Gasteiger partial charge in [0.15, 0.2) is 0 Å². The van der Waals surface area contributed by atoms with Crippen LogP contribution in [-0.2, 0) is 0 Å². The van der Waals surface area contributed by atoms with Crippen molar-refractivity contribution >= 4 is 10.9 Å². The van der Waals surface area contributed by atoms with Crippen LogP contribution in [0.5, 0.6) is 5.75 Å². The van der Waals surface area contributed by atoms with Gasteiger partial charge in [0, 0.05) is 10.9 Å². The molecule has 0 saturated heterocycles. The van der Waals surface area contributed by atoms with Crippen LogP contribution in [0.4, 0.5) is 0 Å². The zero-order valence-electron chi connectivity index (χ0n) is 12.0. The number of nitrogens with zero attached hydrogens (tertiary/aromatic N) is 1. The smallest absolute Gasteiger partial charge is 0.145 e. The summed E-state index contributed by atoms with van der Waals surface area (Å²) in [4.78, 5) is 4.85. The first-order chi connectivity index (χ1) is 9.70. The van der Waals surface area contributed by atoms with E-state index < -0.39 is 0 Å². The zero-order chi connectivity index (χ0) is 14.1. The Balaban J connectivity index is 2.34. The minimum absolute atomic E-state index is 0.817. The van der Waals surface area contributed by atoms with Gasteiger partial charge in [0.05, 0.1) is 12.6 Å². The Morgan fingerprint density at radius 3 is 2.40 bits per heavy atom. The highest BCUT2D eigenvalue weighted by molar-refractivity contribution is 5.87. The van der Waals surface area contributed by atoms with Crippen LogP contribution in [0.25, 0.3) is 22.2 Å². The summed E-state index contributed by atoms with van der Waals surface area (Å²) in [5, 5.41) is 1.11. The Bertz CT molecular complexity index is 777. The van der Waals surface area contributed by atoms with Crippen molar-refractivity contribution in [1.82, 2.24) is 4.98 Å². The molecule has 2 heteroatoms. The fourth-order valence-electron chi connectivity index (χ4n) is 2.51. The van der Waals surface area contributed by atoms with E-state index in [9.17, 15) is 0 Å². The summed E-state index contributed by atoms with van der Waals surface area (Å²) >= 11 is 0. The molecule has 0 aliphatic carbocycles. The summed E-state index contributed by atoms with van der Waals surface area (Å²) in [5.41, 5.74) is 5.44. The van der Waals surface area contributed by atoms with Crippen molar-refractivity contribution in [2.24, 2.45) is 0 Å². The van der Waals surface area contributed by atoms with Gasteiger partial charge in [0.25, 0.3) is 0 Å². The first kappa shape index (κ1) is 12.7. The van der Waals surface area contributed by atoms with Crippen molar-refractivity contribution in [2.45, 2.75) is 13.8 Å². The molecule has 2 aromatic carbocycles. The van der Waals surface area contributed by atoms with Crippen LogP contribution in [-0.4, -0.2) is 12.1 Å². The first-order valence-electron chi connectivity index (χ1n) is 6.71. The zero-order valence-corrected chi connectivity index (χ0v) is 12.0. The van der Waals surface area contributed by atoms with Crippen molar-refractivity contribution in [3.05, 3.63) is 59.7 Å². The first-order valence-corrected chi connectivity index (χ1v) is 6.71. The molecule has 20 heavy (non-hydrogen) atoms. The lowest BCUT2D eigenvalue weighted by atomic mass is 10.0. The van der Waals surface area contributed by atoms with Gasteiger partial charge in [-0.2, -0.15) is 0 Å². The average molecular weight is 263 g/mol. The molecule has 0 amide bonds. The third kappa shape index (κ3) is 2.03. The fraction of sp³-hybridized carbons (Fsp3) is 0.167. The maximum atomic E-state index is 5.54. The van der Waals surface area contributed by atoms with Gasteiger partial charge in [-0.05, 0) is 31.0 Å². The maximum Gasteiger partial charge on any atom is 0.145 e. The van der Waals surface area contributed by atoms with Gasteiger partial charge in [-0.1, -0.05) is 42.5 Å². The van der Waals surface area contributed by atoms with E-state index in [-0.39, 0.29) is 0 Å². The molecule has 1 heterocycles. The summed E-state index contributed by atoms with van der Waals surface area (Å²) < 4.78 is 5.54. The summed E-state index contributed by atoms with van der Waals surface area (Å²) in [5.74, 6) is 0.817. The monoisotopic (exact) mass is 263 g/mol. The Morgan fingerprint density at radius 1 is 0.900 bits per heavy atom. The number of methoxy groups -OCH3 is 1. The molecule has 0 atom stereocenters. The molecule has 0 aliphatic heterocycles. The van der Waals surface area contributed by atoms with E-state index >= 15 is 0 Å². The Hall–Kier alpha value is -2.35. The molecule has 0 unspecified atom stereocenters. The predicted molar refractivity (Wildman–Crippen MR) is 83.2 cm³/mol. The van der Waals surface area contributed by atoms with Gasteiger partial charge >= 0.3 is 0 Å². The third-order valence-corrected chi connectivity index (χ3v) is 3.63. The largest absolute Gasteiger partial charge is 0.494 e. The molecular weight excluding hydrogens is 246 g/mol. The van der Waals surface area contributed by atoms with Crippen LogP contribution in [0.3, 0.4) is 0 Å². The van der Waals surface area contributed by atoms with E-state index in [1.54, 1.807) is 7.11 Å². The highest BCUT2D eigenvalue weighted by Crippen LogP contribution is 2.33. The van der Waals surface area contributed by atoms with Gasteiger partial charge in [-0.15, -0.1) is 0 Å². The summed E-state index contributed by atoms with van der Waals surface area (Å²) in [7, 11) is 1.69. The number of rotatable bonds is 2. The van der Waals surface area contributed by atoms with Crippen molar-refractivity contribution in [1.29, 1.82) is 0 Å². The second kappa shape index (κ2) is 4.97. The molecule has 0 spiro atoms. The SMILES string of the molecule is COc1cc2cccc(C)c2nc1-c1ccccc1C. The topological polar surface area (TPSA) is 22.1 Å². The van der Waals surface area contributed by atoms with Crippen LogP contribution in [0.1, 0.15) is 11.1 Å². The number of para-hydroxylation sites is 1. The molecule has 0 saturated carbocycles. The van der Waals surface area contributed by atoms with Crippen molar-refractivity contribution < 1.29 is 4.74 Å². The number of benzene rings is 2. The highest BCUT2D eigenvalue weighted by atomic mass is 16.5. The standard InChI is InChI=1S/C18H17NO/c1-12-7-4-5-10-15(12)18-16(20-3)11-14-9-6-8-13(2)17(14)19-18/h4-11H,1-3H3. The number of aryl methyl sites for hydroxylation is 2. The van der Waals surface area contributed by atoms with Crippen molar-refractivity contribution in [3.8, 4) is 17.0 Å². The molecule has 3 aromatic rings. The van der Waals surface area contributed by atoms with E-state index in [0.717, 1.165) is 27.9 Å². The average Bonchev–Trinajstić information content (AvgIpc) is 2.47. The molecule has 100 valence electrons. The number of ether oxygens (including phenoxy) is 1. The summed E-state index contributed by atoms with van der Waals surface area (Å²) in [6.07, 6.45) is 0. The highest BCUT2D eigenvalue weighted by Gasteiger charge is 2.12. The van der Waals surface area contributed by atoms with Gasteiger partial charge < -0.3 is 4.74 Å². The molecule has 0 radical (unpaired) electrons. The fourth-order valence-corrected chi connectivity index (χ4v) is 2.51. The second-order valence-electron chi connectivity index (χ2n) is 5.00. The van der Waals surface area contributed by atoms with E-state index in [1.165, 1.54) is 11.1 Å². The lowest BCUT2D eigenvalue weighted by Gasteiger charge is -2.12. The Labute approximate surface area is 119 Å². The molecule has 0 aliphatic rings. The van der Waals surface area contributed by atoms with Crippen LogP contribution in [0, 0.1) is 13.8 Å². The lowest BCUT2D eigenvalue weighted by molar-refractivity contribution is 0.415. The van der Waals surface area contributed by atoms with Crippen molar-refractivity contribution in [2.75, 3.05) is 7.11 Å². The van der Waals surface area contributed by atoms with E-state index in [2.05, 4.69) is 44.2 Å². The molecule has 0 bridgehead atoms. The van der Waals surface area contributed by atoms with Gasteiger partial charge in [-0.25, -0.2) is 4.98 Å². The van der Waals surface area contributed by atoms with Gasteiger partial charge in [0.1, 0.15) is 11.4 Å². The number of fused-ring (bicyclic) bond motifs is 1. The van der Waals surface area contributed by atoms with Gasteiger partial charge in [-0.3, -0.25) is 0 Å².